The third kappa shape index (κ3) is 5.17. The average Bonchev–Trinajstić information content (AvgIpc) is 3.00. The third-order valence-electron chi connectivity index (χ3n) is 7.94. The first-order chi connectivity index (χ1) is 14.0. The molecule has 0 heterocycles. The van der Waals surface area contributed by atoms with Gasteiger partial charge in [-0.25, -0.2) is 0 Å². The summed E-state index contributed by atoms with van der Waals surface area (Å²) in [5.41, 5.74) is 1.57. The zero-order valence-electron chi connectivity index (χ0n) is 19.2. The lowest BCUT2D eigenvalue weighted by Crippen LogP contribution is -2.45. The van der Waals surface area contributed by atoms with Gasteiger partial charge in [-0.1, -0.05) is 37.1 Å². The monoisotopic (exact) mass is 419 g/mol. The summed E-state index contributed by atoms with van der Waals surface area (Å²) in [5.74, 6) is 1.19. The lowest BCUT2D eigenvalue weighted by Gasteiger charge is -2.44. The van der Waals surface area contributed by atoms with Crippen molar-refractivity contribution in [3.8, 4) is 0 Å². The summed E-state index contributed by atoms with van der Waals surface area (Å²) in [6.07, 6.45) is 11.3. The number of allylic oxidation sites excluding steroid dienone is 3. The van der Waals surface area contributed by atoms with Crippen LogP contribution < -0.4 is 5.32 Å². The van der Waals surface area contributed by atoms with Gasteiger partial charge in [0, 0.05) is 6.54 Å². The highest BCUT2D eigenvalue weighted by molar-refractivity contribution is 5.83. The van der Waals surface area contributed by atoms with Gasteiger partial charge in [-0.2, -0.15) is 0 Å². The Morgan fingerprint density at radius 1 is 1.23 bits per heavy atom. The van der Waals surface area contributed by atoms with Gasteiger partial charge in [0.1, 0.15) is 5.60 Å². The van der Waals surface area contributed by atoms with Crippen molar-refractivity contribution in [2.75, 3.05) is 6.54 Å². The van der Waals surface area contributed by atoms with E-state index in [1.54, 1.807) is 0 Å². The zero-order valence-corrected chi connectivity index (χ0v) is 19.2. The SMILES string of the molecule is C[C@H](CNC(=O)C(C)(C)O)[C@H]1CCC2C(=CC=C3C[C@@H](O)C[C@H](O)C3)CCC[C@@]21C. The Morgan fingerprint density at radius 3 is 2.53 bits per heavy atom. The number of carbonyl (C=O) groups excluding carboxylic acids is 1. The van der Waals surface area contributed by atoms with Crippen LogP contribution in [0.15, 0.2) is 23.3 Å². The molecule has 3 rings (SSSR count). The Balaban J connectivity index is 1.68. The first-order valence-electron chi connectivity index (χ1n) is 11.8. The predicted octanol–water partition coefficient (Wildman–Crippen LogP) is 3.48. The minimum atomic E-state index is -1.34. The van der Waals surface area contributed by atoms with Crippen LogP contribution in [-0.2, 0) is 4.79 Å². The number of carbonyl (C=O) groups is 1. The minimum absolute atomic E-state index is 0.243. The number of amides is 1. The van der Waals surface area contributed by atoms with Crippen molar-refractivity contribution < 1.29 is 20.1 Å². The van der Waals surface area contributed by atoms with Crippen LogP contribution in [0.5, 0.6) is 0 Å². The molecule has 170 valence electrons. The highest BCUT2D eigenvalue weighted by Crippen LogP contribution is 2.59. The van der Waals surface area contributed by atoms with Crippen molar-refractivity contribution in [2.45, 2.75) is 96.9 Å². The van der Waals surface area contributed by atoms with Crippen LogP contribution in [0.25, 0.3) is 0 Å². The van der Waals surface area contributed by atoms with Gasteiger partial charge in [0.15, 0.2) is 0 Å². The van der Waals surface area contributed by atoms with E-state index in [1.165, 1.54) is 45.1 Å². The Labute approximate surface area is 181 Å². The van der Waals surface area contributed by atoms with Crippen molar-refractivity contribution in [1.29, 1.82) is 0 Å². The highest BCUT2D eigenvalue weighted by Gasteiger charge is 2.50. The fraction of sp³-hybridized carbons (Fsp3) is 0.800. The first-order valence-corrected chi connectivity index (χ1v) is 11.8. The van der Waals surface area contributed by atoms with Crippen molar-refractivity contribution in [1.82, 2.24) is 5.32 Å². The molecule has 3 saturated carbocycles. The first kappa shape index (κ1) is 23.5. The van der Waals surface area contributed by atoms with Crippen LogP contribution in [0.4, 0.5) is 0 Å². The molecular weight excluding hydrogens is 378 g/mol. The number of hydrogen-bond acceptors (Lipinski definition) is 4. The summed E-state index contributed by atoms with van der Waals surface area (Å²) in [6, 6.07) is 0. The molecule has 3 aliphatic rings. The Hall–Kier alpha value is -1.17. The molecule has 1 amide bonds. The second-order valence-corrected chi connectivity index (χ2v) is 10.9. The average molecular weight is 420 g/mol. The van der Waals surface area contributed by atoms with Gasteiger partial charge in [0.25, 0.3) is 5.91 Å². The predicted molar refractivity (Wildman–Crippen MR) is 119 cm³/mol. The van der Waals surface area contributed by atoms with E-state index in [4.69, 9.17) is 0 Å². The van der Waals surface area contributed by atoms with E-state index in [0.29, 0.717) is 43.6 Å². The standard InChI is InChI=1S/C25H41NO4/c1-16(15-26-23(29)24(2,3)30)21-9-10-22-18(6-5-11-25(21,22)4)8-7-17-12-19(27)14-20(28)13-17/h7-8,16,19-22,27-28,30H,5-6,9-15H2,1-4H3,(H,26,29)/t16-,19-,20-,21-,22?,25-/m1/s1. The fourth-order valence-electron chi connectivity index (χ4n) is 6.36. The van der Waals surface area contributed by atoms with E-state index in [2.05, 4.69) is 31.3 Å². The highest BCUT2D eigenvalue weighted by atomic mass is 16.3. The summed E-state index contributed by atoms with van der Waals surface area (Å²) < 4.78 is 0. The molecule has 3 aliphatic carbocycles. The van der Waals surface area contributed by atoms with Gasteiger partial charge in [0.2, 0.25) is 0 Å². The molecule has 30 heavy (non-hydrogen) atoms. The normalized spacial score (nSPS) is 37.0. The second kappa shape index (κ2) is 9.13. The van der Waals surface area contributed by atoms with Crippen LogP contribution in [0.1, 0.15) is 79.1 Å². The van der Waals surface area contributed by atoms with E-state index >= 15 is 0 Å². The van der Waals surface area contributed by atoms with Crippen LogP contribution in [-0.4, -0.2) is 45.6 Å². The molecule has 0 saturated heterocycles. The van der Waals surface area contributed by atoms with E-state index in [-0.39, 0.29) is 11.3 Å². The van der Waals surface area contributed by atoms with Crippen molar-refractivity contribution >= 4 is 5.91 Å². The van der Waals surface area contributed by atoms with Crippen molar-refractivity contribution in [2.24, 2.45) is 23.2 Å². The molecule has 5 nitrogen and oxygen atoms in total. The maximum atomic E-state index is 12.1. The summed E-state index contributed by atoms with van der Waals surface area (Å²) >= 11 is 0. The molecule has 0 spiro atoms. The van der Waals surface area contributed by atoms with Crippen molar-refractivity contribution in [3.05, 3.63) is 23.3 Å². The Bertz CT molecular complexity index is 680. The molecule has 0 radical (unpaired) electrons. The topological polar surface area (TPSA) is 89.8 Å². The summed E-state index contributed by atoms with van der Waals surface area (Å²) in [6.45, 7) is 8.31. The summed E-state index contributed by atoms with van der Waals surface area (Å²) in [7, 11) is 0. The third-order valence-corrected chi connectivity index (χ3v) is 7.94. The molecule has 3 fully saturated rings. The minimum Gasteiger partial charge on any atom is -0.393 e. The van der Waals surface area contributed by atoms with E-state index in [9.17, 15) is 20.1 Å². The maximum Gasteiger partial charge on any atom is 0.251 e. The summed E-state index contributed by atoms with van der Waals surface area (Å²) in [4.78, 5) is 12.1. The zero-order chi connectivity index (χ0) is 22.1. The molecule has 0 aromatic rings. The molecule has 6 atom stereocenters. The molecule has 0 bridgehead atoms. The molecule has 4 N–H and O–H groups in total. The van der Waals surface area contributed by atoms with Crippen LogP contribution in [0, 0.1) is 23.2 Å². The second-order valence-electron chi connectivity index (χ2n) is 10.9. The smallest absolute Gasteiger partial charge is 0.251 e. The number of nitrogens with one attached hydrogen (secondary N) is 1. The Morgan fingerprint density at radius 2 is 1.90 bits per heavy atom. The van der Waals surface area contributed by atoms with Gasteiger partial charge < -0.3 is 20.6 Å². The molecule has 0 aromatic carbocycles. The van der Waals surface area contributed by atoms with Gasteiger partial charge >= 0.3 is 0 Å². The van der Waals surface area contributed by atoms with Crippen LogP contribution >= 0.6 is 0 Å². The van der Waals surface area contributed by atoms with Crippen molar-refractivity contribution in [3.63, 3.8) is 0 Å². The molecular formula is C25H41NO4. The number of aliphatic hydroxyl groups excluding tert-OH is 2. The van der Waals surface area contributed by atoms with Gasteiger partial charge in [-0.05, 0) is 88.4 Å². The largest absolute Gasteiger partial charge is 0.393 e. The lowest BCUT2D eigenvalue weighted by molar-refractivity contribution is -0.136. The quantitative estimate of drug-likeness (QED) is 0.549. The number of rotatable bonds is 5. The lowest BCUT2D eigenvalue weighted by atomic mass is 9.61. The van der Waals surface area contributed by atoms with E-state index in [0.717, 1.165) is 12.0 Å². The number of fused-ring (bicyclic) bond motifs is 1. The molecule has 1 unspecified atom stereocenters. The van der Waals surface area contributed by atoms with Crippen LogP contribution in [0.3, 0.4) is 0 Å². The molecule has 5 heteroatoms. The maximum absolute atomic E-state index is 12.1. The van der Waals surface area contributed by atoms with Gasteiger partial charge in [0.05, 0.1) is 12.2 Å². The van der Waals surface area contributed by atoms with Gasteiger partial charge in [-0.3, -0.25) is 4.79 Å². The molecule has 0 aromatic heterocycles. The van der Waals surface area contributed by atoms with Gasteiger partial charge in [-0.15, -0.1) is 0 Å². The fourth-order valence-corrected chi connectivity index (χ4v) is 6.36. The van der Waals surface area contributed by atoms with E-state index < -0.39 is 17.8 Å². The van der Waals surface area contributed by atoms with Crippen LogP contribution in [0.2, 0.25) is 0 Å². The number of aliphatic hydroxyl groups is 3. The Kier molecular flexibility index (Phi) is 7.15. The van der Waals surface area contributed by atoms with E-state index in [1.807, 2.05) is 0 Å². The number of hydrogen-bond donors (Lipinski definition) is 4. The summed E-state index contributed by atoms with van der Waals surface area (Å²) in [5, 5.41) is 32.7. The molecule has 0 aliphatic heterocycles.